The Bertz CT molecular complexity index is 928. The monoisotopic (exact) mass is 401 g/mol. The number of carbonyl (C=O) groups excluding carboxylic acids is 2. The molecule has 0 bridgehead atoms. The lowest BCUT2D eigenvalue weighted by Crippen LogP contribution is -2.20. The number of amides is 1. The third-order valence-corrected chi connectivity index (χ3v) is 3.70. The first-order valence-electron chi connectivity index (χ1n) is 8.36. The van der Waals surface area contributed by atoms with Crippen molar-refractivity contribution in [1.82, 2.24) is 5.43 Å². The van der Waals surface area contributed by atoms with Gasteiger partial charge in [-0.3, -0.25) is 14.9 Å². The van der Waals surface area contributed by atoms with E-state index in [-0.39, 0.29) is 18.7 Å². The number of nitro benzene ring substituents is 1. The lowest BCUT2D eigenvalue weighted by atomic mass is 10.1. The van der Waals surface area contributed by atoms with Gasteiger partial charge in [-0.15, -0.1) is 0 Å². The fourth-order valence-corrected chi connectivity index (χ4v) is 2.31. The Morgan fingerprint density at radius 1 is 1.17 bits per heavy atom. The number of nitrogens with zero attached hydrogens (tertiary/aromatic N) is 2. The number of nitro groups is 1. The van der Waals surface area contributed by atoms with Gasteiger partial charge in [0.2, 0.25) is 5.91 Å². The molecule has 0 unspecified atom stereocenters. The largest absolute Gasteiger partial charge is 0.493 e. The van der Waals surface area contributed by atoms with Crippen LogP contribution in [0.25, 0.3) is 0 Å². The molecule has 1 N–H and O–H groups in total. The Balaban J connectivity index is 1.98. The smallest absolute Gasteiger partial charge is 0.343 e. The number of para-hydroxylation sites is 1. The summed E-state index contributed by atoms with van der Waals surface area (Å²) >= 11 is 0. The van der Waals surface area contributed by atoms with Gasteiger partial charge in [-0.25, -0.2) is 10.2 Å². The minimum absolute atomic E-state index is 0.126. The van der Waals surface area contributed by atoms with Crippen LogP contribution in [0.4, 0.5) is 5.69 Å². The van der Waals surface area contributed by atoms with E-state index in [1.54, 1.807) is 24.3 Å². The Kier molecular flexibility index (Phi) is 7.66. The van der Waals surface area contributed by atoms with E-state index in [9.17, 15) is 19.7 Å². The summed E-state index contributed by atoms with van der Waals surface area (Å²) < 4.78 is 15.0. The van der Waals surface area contributed by atoms with Crippen LogP contribution in [0.15, 0.2) is 47.6 Å². The van der Waals surface area contributed by atoms with Gasteiger partial charge in [-0.05, 0) is 23.8 Å². The van der Waals surface area contributed by atoms with Gasteiger partial charge in [0, 0.05) is 11.6 Å². The van der Waals surface area contributed by atoms with Crippen molar-refractivity contribution in [2.45, 2.75) is 6.42 Å². The summed E-state index contributed by atoms with van der Waals surface area (Å²) in [6, 6.07) is 10.8. The fourth-order valence-electron chi connectivity index (χ4n) is 2.31. The van der Waals surface area contributed by atoms with E-state index in [0.29, 0.717) is 22.6 Å². The van der Waals surface area contributed by atoms with E-state index in [1.165, 1.54) is 38.6 Å². The maximum absolute atomic E-state index is 12.0. The van der Waals surface area contributed by atoms with Crippen LogP contribution in [0.2, 0.25) is 0 Å². The van der Waals surface area contributed by atoms with E-state index in [4.69, 9.17) is 9.47 Å². The second kappa shape index (κ2) is 10.4. The number of hydrazone groups is 1. The molecule has 0 radical (unpaired) electrons. The zero-order valence-corrected chi connectivity index (χ0v) is 15.8. The molecule has 2 rings (SSSR count). The second-order valence-corrected chi connectivity index (χ2v) is 5.63. The third kappa shape index (κ3) is 6.31. The van der Waals surface area contributed by atoms with Crippen LogP contribution in [0.5, 0.6) is 11.5 Å². The molecule has 0 aliphatic heterocycles. The first-order chi connectivity index (χ1) is 13.9. The molecule has 1 amide bonds. The Morgan fingerprint density at radius 2 is 1.93 bits per heavy atom. The van der Waals surface area contributed by atoms with E-state index in [2.05, 4.69) is 15.3 Å². The number of esters is 1. The van der Waals surface area contributed by atoms with Gasteiger partial charge >= 0.3 is 5.97 Å². The molecule has 0 aliphatic carbocycles. The van der Waals surface area contributed by atoms with Crippen molar-refractivity contribution in [3.8, 4) is 11.5 Å². The molecule has 0 atom stereocenters. The first-order valence-corrected chi connectivity index (χ1v) is 8.36. The summed E-state index contributed by atoms with van der Waals surface area (Å²) in [5.74, 6) is -0.320. The average molecular weight is 401 g/mol. The van der Waals surface area contributed by atoms with Gasteiger partial charge in [-0.1, -0.05) is 18.2 Å². The maximum Gasteiger partial charge on any atom is 0.343 e. The number of rotatable bonds is 9. The molecule has 0 saturated carbocycles. The molecule has 0 aliphatic rings. The molecule has 29 heavy (non-hydrogen) atoms. The van der Waals surface area contributed by atoms with Crippen LogP contribution in [0.3, 0.4) is 0 Å². The molecule has 0 aromatic heterocycles. The fraction of sp³-hybridized carbons (Fsp3) is 0.211. The summed E-state index contributed by atoms with van der Waals surface area (Å²) in [6.45, 7) is -0.262. The van der Waals surface area contributed by atoms with E-state index >= 15 is 0 Å². The van der Waals surface area contributed by atoms with E-state index < -0.39 is 16.8 Å². The van der Waals surface area contributed by atoms with Crippen LogP contribution in [0.1, 0.15) is 11.1 Å². The summed E-state index contributed by atoms with van der Waals surface area (Å²) in [6.07, 6.45) is 1.20. The molecule has 152 valence electrons. The standard InChI is InChI=1S/C19H19N3O7/c1-27-17-9-13(7-8-16(17)29-12-19(24)28-2)11-20-21-18(23)10-14-5-3-4-6-15(14)22(25)26/h3-9,11H,10,12H2,1-2H3,(H,21,23)/b20-11+. The van der Waals surface area contributed by atoms with Crippen LogP contribution in [-0.4, -0.2) is 43.8 Å². The molecule has 2 aromatic rings. The highest BCUT2D eigenvalue weighted by Crippen LogP contribution is 2.27. The molecule has 0 saturated heterocycles. The first kappa shape index (κ1) is 21.4. The highest BCUT2D eigenvalue weighted by molar-refractivity contribution is 5.84. The number of hydrogen-bond acceptors (Lipinski definition) is 8. The minimum atomic E-state index is -0.540. The van der Waals surface area contributed by atoms with E-state index in [1.807, 2.05) is 0 Å². The van der Waals surface area contributed by atoms with Gasteiger partial charge in [-0.2, -0.15) is 5.10 Å². The second-order valence-electron chi connectivity index (χ2n) is 5.63. The molecular weight excluding hydrogens is 382 g/mol. The predicted molar refractivity (Wildman–Crippen MR) is 103 cm³/mol. The number of hydrogen-bond donors (Lipinski definition) is 1. The maximum atomic E-state index is 12.0. The Labute approximate surface area is 166 Å². The average Bonchev–Trinajstić information content (AvgIpc) is 2.72. The Morgan fingerprint density at radius 3 is 2.62 bits per heavy atom. The topological polar surface area (TPSA) is 129 Å². The number of nitrogens with one attached hydrogen (secondary N) is 1. The molecular formula is C19H19N3O7. The zero-order chi connectivity index (χ0) is 21.2. The van der Waals surface area contributed by atoms with Crippen molar-refractivity contribution in [1.29, 1.82) is 0 Å². The molecule has 2 aromatic carbocycles. The van der Waals surface area contributed by atoms with Gasteiger partial charge in [0.05, 0.1) is 31.8 Å². The third-order valence-electron chi connectivity index (χ3n) is 3.70. The number of ether oxygens (including phenoxy) is 3. The van der Waals surface area contributed by atoms with Crippen molar-refractivity contribution in [3.05, 3.63) is 63.7 Å². The van der Waals surface area contributed by atoms with Gasteiger partial charge in [0.1, 0.15) is 0 Å². The summed E-state index contributed by atoms with van der Waals surface area (Å²) in [5.41, 5.74) is 3.08. The van der Waals surface area contributed by atoms with E-state index in [0.717, 1.165) is 0 Å². The van der Waals surface area contributed by atoms with Crippen molar-refractivity contribution in [2.24, 2.45) is 5.10 Å². The number of carbonyl (C=O) groups is 2. The SMILES string of the molecule is COC(=O)COc1ccc(/C=N/NC(=O)Cc2ccccc2[N+](=O)[O-])cc1OC. The van der Waals surface area contributed by atoms with Gasteiger partial charge in [0.15, 0.2) is 18.1 Å². The molecule has 0 spiro atoms. The van der Waals surface area contributed by atoms with Crippen molar-refractivity contribution < 1.29 is 28.7 Å². The molecule has 10 nitrogen and oxygen atoms in total. The summed E-state index contributed by atoms with van der Waals surface area (Å²) in [5, 5.41) is 14.8. The predicted octanol–water partition coefficient (Wildman–Crippen LogP) is 1.85. The van der Waals surface area contributed by atoms with Crippen LogP contribution < -0.4 is 14.9 Å². The minimum Gasteiger partial charge on any atom is -0.493 e. The highest BCUT2D eigenvalue weighted by atomic mass is 16.6. The van der Waals surface area contributed by atoms with Crippen LogP contribution in [-0.2, 0) is 20.7 Å². The number of methoxy groups -OCH3 is 2. The van der Waals surface area contributed by atoms with Gasteiger partial charge in [0.25, 0.3) is 5.69 Å². The lowest BCUT2D eigenvalue weighted by Gasteiger charge is -2.10. The lowest BCUT2D eigenvalue weighted by molar-refractivity contribution is -0.385. The van der Waals surface area contributed by atoms with Gasteiger partial charge < -0.3 is 14.2 Å². The summed E-state index contributed by atoms with van der Waals surface area (Å²) in [7, 11) is 2.70. The molecule has 0 heterocycles. The molecule has 10 heteroatoms. The highest BCUT2D eigenvalue weighted by Gasteiger charge is 2.15. The zero-order valence-electron chi connectivity index (χ0n) is 15.8. The number of benzene rings is 2. The van der Waals surface area contributed by atoms with Crippen molar-refractivity contribution in [2.75, 3.05) is 20.8 Å². The van der Waals surface area contributed by atoms with Crippen molar-refractivity contribution in [3.63, 3.8) is 0 Å². The van der Waals surface area contributed by atoms with Crippen LogP contribution in [0, 0.1) is 10.1 Å². The van der Waals surface area contributed by atoms with Crippen LogP contribution >= 0.6 is 0 Å². The van der Waals surface area contributed by atoms with Crippen molar-refractivity contribution >= 4 is 23.8 Å². The quantitative estimate of drug-likeness (QED) is 0.294. The normalized spacial score (nSPS) is 10.4. The molecule has 0 fully saturated rings. The Hall–Kier alpha value is -3.95. The summed E-state index contributed by atoms with van der Waals surface area (Å²) in [4.78, 5) is 33.6.